The van der Waals surface area contributed by atoms with E-state index in [1.165, 1.54) is 5.39 Å². The summed E-state index contributed by atoms with van der Waals surface area (Å²) in [6.45, 7) is 5.88. The molecule has 1 aliphatic heterocycles. The SMILES string of the molecule is Cc1ccc2ccccc2c1O[C@@H](C)C1=NCCN1. The van der Waals surface area contributed by atoms with Crippen molar-refractivity contribution in [2.75, 3.05) is 13.1 Å². The molecular formula is C16H18N2O. The van der Waals surface area contributed by atoms with Crippen molar-refractivity contribution in [3.8, 4) is 5.75 Å². The summed E-state index contributed by atoms with van der Waals surface area (Å²) in [6.07, 6.45) is -0.0352. The zero-order valence-electron chi connectivity index (χ0n) is 11.3. The smallest absolute Gasteiger partial charge is 0.152 e. The topological polar surface area (TPSA) is 33.6 Å². The van der Waals surface area contributed by atoms with E-state index < -0.39 is 0 Å². The fourth-order valence-electron chi connectivity index (χ4n) is 2.43. The number of nitrogens with one attached hydrogen (secondary N) is 1. The molecule has 0 saturated carbocycles. The van der Waals surface area contributed by atoms with Gasteiger partial charge < -0.3 is 10.1 Å². The quantitative estimate of drug-likeness (QED) is 0.913. The summed E-state index contributed by atoms with van der Waals surface area (Å²) in [5.74, 6) is 1.91. The Balaban J connectivity index is 1.97. The van der Waals surface area contributed by atoms with Crippen molar-refractivity contribution >= 4 is 16.6 Å². The zero-order chi connectivity index (χ0) is 13.2. The first kappa shape index (κ1) is 12.0. The lowest BCUT2D eigenvalue weighted by molar-refractivity contribution is 0.285. The number of rotatable bonds is 3. The Labute approximate surface area is 113 Å². The maximum Gasteiger partial charge on any atom is 0.152 e. The normalized spacial score (nSPS) is 16.0. The highest BCUT2D eigenvalue weighted by Gasteiger charge is 2.17. The molecule has 0 unspecified atom stereocenters. The van der Waals surface area contributed by atoms with Gasteiger partial charge in [0.25, 0.3) is 0 Å². The summed E-state index contributed by atoms with van der Waals surface area (Å²) in [6, 6.07) is 12.5. The molecule has 2 aromatic carbocycles. The van der Waals surface area contributed by atoms with Gasteiger partial charge in [-0.1, -0.05) is 36.4 Å². The third-order valence-electron chi connectivity index (χ3n) is 3.46. The van der Waals surface area contributed by atoms with Gasteiger partial charge in [-0.05, 0) is 24.8 Å². The maximum absolute atomic E-state index is 6.15. The van der Waals surface area contributed by atoms with Gasteiger partial charge in [0.05, 0.1) is 6.54 Å². The van der Waals surface area contributed by atoms with Crippen LogP contribution in [0.5, 0.6) is 5.75 Å². The molecule has 0 saturated heterocycles. The Hall–Kier alpha value is -2.03. The monoisotopic (exact) mass is 254 g/mol. The van der Waals surface area contributed by atoms with Crippen LogP contribution in [0.25, 0.3) is 10.8 Å². The molecule has 0 aliphatic carbocycles. The molecule has 1 aliphatic rings. The van der Waals surface area contributed by atoms with E-state index in [1.807, 2.05) is 19.1 Å². The molecule has 2 aromatic rings. The van der Waals surface area contributed by atoms with Crippen LogP contribution in [-0.4, -0.2) is 25.0 Å². The van der Waals surface area contributed by atoms with Gasteiger partial charge in [-0.25, -0.2) is 0 Å². The van der Waals surface area contributed by atoms with E-state index in [1.54, 1.807) is 0 Å². The fraction of sp³-hybridized carbons (Fsp3) is 0.312. The summed E-state index contributed by atoms with van der Waals surface area (Å²) in [5.41, 5.74) is 1.16. The van der Waals surface area contributed by atoms with E-state index >= 15 is 0 Å². The molecule has 1 N–H and O–H groups in total. The second-order valence-electron chi connectivity index (χ2n) is 4.89. The molecule has 0 radical (unpaired) electrons. The van der Waals surface area contributed by atoms with Gasteiger partial charge in [-0.2, -0.15) is 0 Å². The van der Waals surface area contributed by atoms with Crippen molar-refractivity contribution in [1.82, 2.24) is 5.32 Å². The molecule has 3 heteroatoms. The van der Waals surface area contributed by atoms with Crippen LogP contribution < -0.4 is 10.1 Å². The van der Waals surface area contributed by atoms with Crippen molar-refractivity contribution in [1.29, 1.82) is 0 Å². The van der Waals surface area contributed by atoms with Crippen molar-refractivity contribution < 1.29 is 4.74 Å². The molecular weight excluding hydrogens is 236 g/mol. The molecule has 0 amide bonds. The van der Waals surface area contributed by atoms with Crippen molar-refractivity contribution in [3.63, 3.8) is 0 Å². The van der Waals surface area contributed by atoms with Gasteiger partial charge >= 0.3 is 0 Å². The molecule has 3 rings (SSSR count). The van der Waals surface area contributed by atoms with Crippen LogP contribution in [0.1, 0.15) is 12.5 Å². The predicted molar refractivity (Wildman–Crippen MR) is 79.1 cm³/mol. The highest BCUT2D eigenvalue weighted by atomic mass is 16.5. The van der Waals surface area contributed by atoms with E-state index in [2.05, 4.69) is 41.5 Å². The molecule has 98 valence electrons. The van der Waals surface area contributed by atoms with Crippen LogP contribution in [0.15, 0.2) is 41.4 Å². The minimum atomic E-state index is -0.0352. The standard InChI is InChI=1S/C16H18N2O/c1-11-7-8-13-5-3-4-6-14(13)15(11)19-12(2)16-17-9-10-18-16/h3-8,12H,9-10H2,1-2H3,(H,17,18)/t12-/m0/s1. The number of aryl methyl sites for hydroxylation is 1. The van der Waals surface area contributed by atoms with Gasteiger partial charge in [-0.3, -0.25) is 4.99 Å². The fourth-order valence-corrected chi connectivity index (χ4v) is 2.43. The van der Waals surface area contributed by atoms with Crippen LogP contribution >= 0.6 is 0 Å². The van der Waals surface area contributed by atoms with E-state index in [4.69, 9.17) is 4.74 Å². The molecule has 0 spiro atoms. The third kappa shape index (κ3) is 2.28. The van der Waals surface area contributed by atoms with Gasteiger partial charge in [0, 0.05) is 11.9 Å². The first-order valence-corrected chi connectivity index (χ1v) is 6.69. The third-order valence-corrected chi connectivity index (χ3v) is 3.46. The van der Waals surface area contributed by atoms with E-state index in [9.17, 15) is 0 Å². The van der Waals surface area contributed by atoms with Crippen molar-refractivity contribution in [2.24, 2.45) is 4.99 Å². The minimum Gasteiger partial charge on any atom is -0.482 e. The number of benzene rings is 2. The molecule has 0 bridgehead atoms. The second kappa shape index (κ2) is 4.92. The molecule has 0 aromatic heterocycles. The Morgan fingerprint density at radius 1 is 1.21 bits per heavy atom. The Morgan fingerprint density at radius 3 is 2.84 bits per heavy atom. The van der Waals surface area contributed by atoms with Crippen LogP contribution in [0.3, 0.4) is 0 Å². The summed E-state index contributed by atoms with van der Waals surface area (Å²) in [5, 5.41) is 5.63. The molecule has 3 nitrogen and oxygen atoms in total. The predicted octanol–water partition coefficient (Wildman–Crippen LogP) is 2.92. The largest absolute Gasteiger partial charge is 0.482 e. The van der Waals surface area contributed by atoms with Crippen LogP contribution in [0.4, 0.5) is 0 Å². The van der Waals surface area contributed by atoms with E-state index in [0.29, 0.717) is 0 Å². The van der Waals surface area contributed by atoms with Crippen LogP contribution in [0, 0.1) is 6.92 Å². The van der Waals surface area contributed by atoms with Crippen molar-refractivity contribution in [3.05, 3.63) is 42.0 Å². The van der Waals surface area contributed by atoms with Gasteiger partial charge in [-0.15, -0.1) is 0 Å². The van der Waals surface area contributed by atoms with Crippen molar-refractivity contribution in [2.45, 2.75) is 20.0 Å². The number of aliphatic imine (C=N–C) groups is 1. The molecule has 0 fully saturated rings. The number of hydrogen-bond donors (Lipinski definition) is 1. The van der Waals surface area contributed by atoms with E-state index in [-0.39, 0.29) is 6.10 Å². The van der Waals surface area contributed by atoms with Gasteiger partial charge in [0.15, 0.2) is 6.10 Å². The van der Waals surface area contributed by atoms with E-state index in [0.717, 1.165) is 35.6 Å². The zero-order valence-corrected chi connectivity index (χ0v) is 11.3. The average molecular weight is 254 g/mol. The molecule has 1 atom stereocenters. The lowest BCUT2D eigenvalue weighted by Gasteiger charge is -2.18. The van der Waals surface area contributed by atoms with Crippen LogP contribution in [0.2, 0.25) is 0 Å². The lowest BCUT2D eigenvalue weighted by Crippen LogP contribution is -2.33. The Morgan fingerprint density at radius 2 is 2.05 bits per heavy atom. The number of amidine groups is 1. The number of hydrogen-bond acceptors (Lipinski definition) is 3. The summed E-state index contributed by atoms with van der Waals surface area (Å²) in [7, 11) is 0. The Kier molecular flexibility index (Phi) is 3.11. The lowest BCUT2D eigenvalue weighted by atomic mass is 10.1. The highest BCUT2D eigenvalue weighted by molar-refractivity contribution is 5.91. The second-order valence-corrected chi connectivity index (χ2v) is 4.89. The maximum atomic E-state index is 6.15. The minimum absolute atomic E-state index is 0.0352. The summed E-state index contributed by atoms with van der Waals surface area (Å²) < 4.78 is 6.15. The highest BCUT2D eigenvalue weighted by Crippen LogP contribution is 2.30. The first-order chi connectivity index (χ1) is 9.25. The first-order valence-electron chi connectivity index (χ1n) is 6.69. The number of ether oxygens (including phenoxy) is 1. The van der Waals surface area contributed by atoms with Gasteiger partial charge in [0.1, 0.15) is 11.6 Å². The molecule has 19 heavy (non-hydrogen) atoms. The summed E-state index contributed by atoms with van der Waals surface area (Å²) in [4.78, 5) is 4.42. The summed E-state index contributed by atoms with van der Waals surface area (Å²) >= 11 is 0. The average Bonchev–Trinajstić information content (AvgIpc) is 2.96. The van der Waals surface area contributed by atoms with Gasteiger partial charge in [0.2, 0.25) is 0 Å². The molecule has 1 heterocycles. The number of fused-ring (bicyclic) bond motifs is 1. The van der Waals surface area contributed by atoms with Crippen LogP contribution in [-0.2, 0) is 0 Å². The Bertz CT molecular complexity index is 634. The number of nitrogens with zero attached hydrogens (tertiary/aromatic N) is 1.